The lowest BCUT2D eigenvalue weighted by Gasteiger charge is -2.08. The van der Waals surface area contributed by atoms with Gasteiger partial charge in [0, 0.05) is 11.4 Å². The summed E-state index contributed by atoms with van der Waals surface area (Å²) in [5.74, 6) is 0. The monoisotopic (exact) mass is 236 g/mol. The molecule has 1 aromatic heterocycles. The van der Waals surface area contributed by atoms with Gasteiger partial charge < -0.3 is 5.73 Å². The first-order valence-electron chi connectivity index (χ1n) is 5.08. The first-order chi connectivity index (χ1) is 7.72. The van der Waals surface area contributed by atoms with Gasteiger partial charge in [0.1, 0.15) is 0 Å². The molecule has 0 amide bonds. The largest absolute Gasteiger partial charge is 0.330 e. The van der Waals surface area contributed by atoms with Crippen LogP contribution in [0.5, 0.6) is 0 Å². The maximum Gasteiger partial charge on any atom is 0.0730 e. The summed E-state index contributed by atoms with van der Waals surface area (Å²) in [5, 5.41) is 8.69. The number of benzene rings is 1. The van der Waals surface area contributed by atoms with E-state index in [-0.39, 0.29) is 0 Å². The van der Waals surface area contributed by atoms with Crippen molar-refractivity contribution in [1.82, 2.24) is 15.0 Å². The minimum atomic E-state index is 0.583. The molecule has 0 unspecified atom stereocenters. The summed E-state index contributed by atoms with van der Waals surface area (Å²) >= 11 is 5.91. The molecule has 0 saturated carbocycles. The van der Waals surface area contributed by atoms with Crippen LogP contribution in [-0.2, 0) is 6.42 Å². The smallest absolute Gasteiger partial charge is 0.0730 e. The number of rotatable bonds is 3. The van der Waals surface area contributed by atoms with Gasteiger partial charge in [0.2, 0.25) is 0 Å². The molecule has 0 spiro atoms. The van der Waals surface area contributed by atoms with E-state index in [0.29, 0.717) is 6.54 Å². The molecule has 1 aromatic carbocycles. The first kappa shape index (κ1) is 11.1. The summed E-state index contributed by atoms with van der Waals surface area (Å²) in [5.41, 5.74) is 8.60. The summed E-state index contributed by atoms with van der Waals surface area (Å²) < 4.78 is 1.80. The lowest BCUT2D eigenvalue weighted by atomic mass is 10.2. The van der Waals surface area contributed by atoms with E-state index in [1.165, 1.54) is 0 Å². The number of halogens is 1. The van der Waals surface area contributed by atoms with Crippen LogP contribution in [0.1, 0.15) is 11.3 Å². The number of aryl methyl sites for hydroxylation is 1. The molecule has 0 aliphatic rings. The van der Waals surface area contributed by atoms with Gasteiger partial charge in [-0.25, -0.2) is 4.68 Å². The van der Waals surface area contributed by atoms with Gasteiger partial charge in [-0.05, 0) is 37.2 Å². The number of aromatic nitrogens is 3. The van der Waals surface area contributed by atoms with E-state index in [4.69, 9.17) is 17.3 Å². The van der Waals surface area contributed by atoms with Crippen LogP contribution in [-0.4, -0.2) is 21.5 Å². The van der Waals surface area contributed by atoms with Gasteiger partial charge in [-0.15, -0.1) is 5.10 Å². The summed E-state index contributed by atoms with van der Waals surface area (Å²) in [6.07, 6.45) is 2.50. The van der Waals surface area contributed by atoms with Crippen molar-refractivity contribution < 1.29 is 0 Å². The summed E-state index contributed by atoms with van der Waals surface area (Å²) in [6, 6.07) is 5.69. The average molecular weight is 237 g/mol. The Morgan fingerprint density at radius 2 is 2.25 bits per heavy atom. The Morgan fingerprint density at radius 1 is 1.44 bits per heavy atom. The van der Waals surface area contributed by atoms with Crippen LogP contribution in [0, 0.1) is 6.92 Å². The third kappa shape index (κ3) is 2.08. The van der Waals surface area contributed by atoms with Crippen molar-refractivity contribution in [3.63, 3.8) is 0 Å². The number of nitrogens with zero attached hydrogens (tertiary/aromatic N) is 3. The Balaban J connectivity index is 2.46. The fraction of sp³-hybridized carbons (Fsp3) is 0.273. The van der Waals surface area contributed by atoms with Crippen LogP contribution in [0.15, 0.2) is 24.4 Å². The van der Waals surface area contributed by atoms with Gasteiger partial charge in [0.25, 0.3) is 0 Å². The quantitative estimate of drug-likeness (QED) is 0.883. The van der Waals surface area contributed by atoms with E-state index in [1.807, 2.05) is 25.1 Å². The van der Waals surface area contributed by atoms with Crippen molar-refractivity contribution in [3.8, 4) is 5.69 Å². The highest BCUT2D eigenvalue weighted by Gasteiger charge is 2.08. The second kappa shape index (κ2) is 4.63. The van der Waals surface area contributed by atoms with Gasteiger partial charge in [-0.3, -0.25) is 0 Å². The van der Waals surface area contributed by atoms with Gasteiger partial charge in [-0.1, -0.05) is 16.8 Å². The SMILES string of the molecule is Cc1cc(Cl)ccc1-n1nncc1CCN. The van der Waals surface area contributed by atoms with Gasteiger partial charge in [0.15, 0.2) is 0 Å². The molecular weight excluding hydrogens is 224 g/mol. The predicted molar refractivity (Wildman–Crippen MR) is 63.9 cm³/mol. The zero-order valence-corrected chi connectivity index (χ0v) is 9.78. The number of nitrogens with two attached hydrogens (primary N) is 1. The fourth-order valence-corrected chi connectivity index (χ4v) is 1.86. The van der Waals surface area contributed by atoms with Crippen molar-refractivity contribution in [3.05, 3.63) is 40.7 Å². The highest BCUT2D eigenvalue weighted by atomic mass is 35.5. The van der Waals surface area contributed by atoms with Crippen molar-refractivity contribution in [2.24, 2.45) is 5.73 Å². The molecule has 84 valence electrons. The van der Waals surface area contributed by atoms with Crippen molar-refractivity contribution in [2.45, 2.75) is 13.3 Å². The topological polar surface area (TPSA) is 56.7 Å². The molecule has 2 rings (SSSR count). The van der Waals surface area contributed by atoms with Crippen LogP contribution in [0.3, 0.4) is 0 Å². The molecule has 4 nitrogen and oxygen atoms in total. The van der Waals surface area contributed by atoms with Gasteiger partial charge in [0.05, 0.1) is 17.6 Å². The predicted octanol–water partition coefficient (Wildman–Crippen LogP) is 1.73. The van der Waals surface area contributed by atoms with E-state index in [9.17, 15) is 0 Å². The van der Waals surface area contributed by atoms with Crippen molar-refractivity contribution in [2.75, 3.05) is 6.54 Å². The zero-order valence-electron chi connectivity index (χ0n) is 9.02. The first-order valence-corrected chi connectivity index (χ1v) is 5.46. The van der Waals surface area contributed by atoms with E-state index in [2.05, 4.69) is 10.3 Å². The van der Waals surface area contributed by atoms with Crippen LogP contribution >= 0.6 is 11.6 Å². The maximum atomic E-state index is 5.91. The number of hydrogen-bond acceptors (Lipinski definition) is 3. The van der Waals surface area contributed by atoms with Crippen LogP contribution in [0.25, 0.3) is 5.69 Å². The highest BCUT2D eigenvalue weighted by molar-refractivity contribution is 6.30. The Kier molecular flexibility index (Phi) is 3.22. The lowest BCUT2D eigenvalue weighted by molar-refractivity contribution is 0.751. The molecule has 0 aliphatic carbocycles. The third-order valence-electron chi connectivity index (χ3n) is 2.41. The molecule has 0 aliphatic heterocycles. The normalized spacial score (nSPS) is 10.7. The minimum absolute atomic E-state index is 0.583. The Bertz CT molecular complexity index is 492. The molecule has 0 fully saturated rings. The van der Waals surface area contributed by atoms with Crippen molar-refractivity contribution >= 4 is 11.6 Å². The van der Waals surface area contributed by atoms with Crippen LogP contribution in [0.4, 0.5) is 0 Å². The van der Waals surface area contributed by atoms with Gasteiger partial charge in [-0.2, -0.15) is 0 Å². The molecular formula is C11H13ClN4. The highest BCUT2D eigenvalue weighted by Crippen LogP contribution is 2.19. The van der Waals surface area contributed by atoms with Crippen LogP contribution < -0.4 is 5.73 Å². The van der Waals surface area contributed by atoms with Crippen molar-refractivity contribution in [1.29, 1.82) is 0 Å². The zero-order chi connectivity index (χ0) is 11.5. The molecule has 0 saturated heterocycles. The fourth-order valence-electron chi connectivity index (χ4n) is 1.63. The summed E-state index contributed by atoms with van der Waals surface area (Å²) in [7, 11) is 0. The average Bonchev–Trinajstić information content (AvgIpc) is 2.67. The van der Waals surface area contributed by atoms with E-state index in [1.54, 1.807) is 10.9 Å². The van der Waals surface area contributed by atoms with E-state index >= 15 is 0 Å². The molecule has 2 aromatic rings. The minimum Gasteiger partial charge on any atom is -0.330 e. The lowest BCUT2D eigenvalue weighted by Crippen LogP contribution is -2.09. The molecule has 5 heteroatoms. The van der Waals surface area contributed by atoms with E-state index < -0.39 is 0 Å². The standard InChI is InChI=1S/C11H13ClN4/c1-8-6-9(12)2-3-11(8)16-10(4-5-13)7-14-15-16/h2-3,6-7H,4-5,13H2,1H3. The Hall–Kier alpha value is -1.39. The van der Waals surface area contributed by atoms with Gasteiger partial charge >= 0.3 is 0 Å². The third-order valence-corrected chi connectivity index (χ3v) is 2.64. The number of hydrogen-bond donors (Lipinski definition) is 1. The summed E-state index contributed by atoms with van der Waals surface area (Å²) in [4.78, 5) is 0. The Labute approximate surface area is 99.0 Å². The maximum absolute atomic E-state index is 5.91. The molecule has 1 heterocycles. The molecule has 0 atom stereocenters. The summed E-state index contributed by atoms with van der Waals surface area (Å²) in [6.45, 7) is 2.58. The molecule has 2 N–H and O–H groups in total. The molecule has 0 bridgehead atoms. The van der Waals surface area contributed by atoms with E-state index in [0.717, 1.165) is 28.4 Å². The second-order valence-corrected chi connectivity index (χ2v) is 4.04. The second-order valence-electron chi connectivity index (χ2n) is 3.61. The van der Waals surface area contributed by atoms with Crippen LogP contribution in [0.2, 0.25) is 5.02 Å². The molecule has 0 radical (unpaired) electrons. The Morgan fingerprint density at radius 3 is 2.94 bits per heavy atom. The molecule has 16 heavy (non-hydrogen) atoms.